The summed E-state index contributed by atoms with van der Waals surface area (Å²) >= 11 is 0. The quantitative estimate of drug-likeness (QED) is 0.530. The normalized spacial score (nSPS) is 11.4. The number of nitrogens with two attached hydrogens (primary N) is 2. The lowest BCUT2D eigenvalue weighted by Crippen LogP contribution is -2.10. The van der Waals surface area contributed by atoms with Crippen molar-refractivity contribution in [3.63, 3.8) is 0 Å². The van der Waals surface area contributed by atoms with Crippen molar-refractivity contribution < 1.29 is 4.79 Å². The van der Waals surface area contributed by atoms with Crippen LogP contribution in [0, 0.1) is 0 Å². The van der Waals surface area contributed by atoms with E-state index in [1.807, 2.05) is 6.92 Å². The van der Waals surface area contributed by atoms with Crippen LogP contribution in [0.1, 0.15) is 19.8 Å². The van der Waals surface area contributed by atoms with Crippen LogP contribution in [0.3, 0.4) is 0 Å². The average Bonchev–Trinajstić information content (AvgIpc) is 1.63. The summed E-state index contributed by atoms with van der Waals surface area (Å²) in [6.45, 7) is 1.99. The highest BCUT2D eigenvalue weighted by Gasteiger charge is 1.89. The van der Waals surface area contributed by atoms with E-state index in [0.717, 1.165) is 12.8 Å². The average molecular weight is 128 g/mol. The van der Waals surface area contributed by atoms with Crippen molar-refractivity contribution in [2.45, 2.75) is 19.8 Å². The van der Waals surface area contributed by atoms with E-state index >= 15 is 0 Å². The molecule has 0 bridgehead atoms. The third-order valence-corrected chi connectivity index (χ3v) is 0.866. The number of carbonyl (C=O) groups excluding carboxylic acids is 1. The molecular weight excluding hydrogens is 116 g/mol. The van der Waals surface area contributed by atoms with Gasteiger partial charge in [0.05, 0.1) is 0 Å². The zero-order valence-electron chi connectivity index (χ0n) is 5.55. The molecule has 0 aliphatic carbocycles. The molecule has 0 aromatic rings. The summed E-state index contributed by atoms with van der Waals surface area (Å²) in [5, 5.41) is 0. The molecule has 0 aliphatic rings. The molecule has 4 N–H and O–H groups in total. The maximum absolute atomic E-state index is 10.2. The predicted molar refractivity (Wildman–Crippen MR) is 36.4 cm³/mol. The van der Waals surface area contributed by atoms with E-state index in [1.54, 1.807) is 0 Å². The highest BCUT2D eigenvalue weighted by molar-refractivity contribution is 5.86. The minimum absolute atomic E-state index is 0.471. The highest BCUT2D eigenvalue weighted by Crippen LogP contribution is 1.94. The second kappa shape index (κ2) is 3.95. The van der Waals surface area contributed by atoms with Crippen LogP contribution in [0.25, 0.3) is 0 Å². The zero-order valence-corrected chi connectivity index (χ0v) is 5.55. The van der Waals surface area contributed by atoms with Gasteiger partial charge < -0.3 is 11.5 Å². The second-order valence-corrected chi connectivity index (χ2v) is 1.87. The molecule has 0 heterocycles. The van der Waals surface area contributed by atoms with Crippen molar-refractivity contribution in [3.8, 4) is 0 Å². The van der Waals surface area contributed by atoms with E-state index in [0.29, 0.717) is 5.70 Å². The van der Waals surface area contributed by atoms with Gasteiger partial charge in [-0.2, -0.15) is 0 Å². The molecule has 0 aromatic heterocycles. The summed E-state index contributed by atoms with van der Waals surface area (Å²) < 4.78 is 0. The molecule has 0 radical (unpaired) electrons. The van der Waals surface area contributed by atoms with Gasteiger partial charge in [0, 0.05) is 11.8 Å². The van der Waals surface area contributed by atoms with Crippen molar-refractivity contribution in [3.05, 3.63) is 11.8 Å². The number of hydrogen-bond donors (Lipinski definition) is 2. The van der Waals surface area contributed by atoms with Crippen LogP contribution in [0.2, 0.25) is 0 Å². The summed E-state index contributed by atoms with van der Waals surface area (Å²) in [7, 11) is 0. The van der Waals surface area contributed by atoms with E-state index in [4.69, 9.17) is 11.5 Å². The fourth-order valence-corrected chi connectivity index (χ4v) is 0.544. The number of primary amides is 1. The topological polar surface area (TPSA) is 69.1 Å². The monoisotopic (exact) mass is 128 g/mol. The molecular formula is C6H12N2O. The van der Waals surface area contributed by atoms with Gasteiger partial charge in [0.2, 0.25) is 5.91 Å². The molecule has 0 saturated carbocycles. The summed E-state index contributed by atoms with van der Waals surface area (Å²) in [6.07, 6.45) is 2.93. The Morgan fingerprint density at radius 1 is 1.56 bits per heavy atom. The molecule has 0 aromatic carbocycles. The summed E-state index contributed by atoms with van der Waals surface area (Å²) in [4.78, 5) is 10.2. The molecule has 3 nitrogen and oxygen atoms in total. The van der Waals surface area contributed by atoms with Crippen molar-refractivity contribution >= 4 is 5.91 Å². The highest BCUT2D eigenvalue weighted by atomic mass is 16.1. The van der Waals surface area contributed by atoms with E-state index in [1.165, 1.54) is 6.08 Å². The molecule has 3 heteroatoms. The van der Waals surface area contributed by atoms with Gasteiger partial charge in [0.25, 0.3) is 0 Å². The third-order valence-electron chi connectivity index (χ3n) is 0.866. The molecule has 9 heavy (non-hydrogen) atoms. The molecule has 0 atom stereocenters. The Kier molecular flexibility index (Phi) is 3.51. The molecule has 0 aliphatic heterocycles. The van der Waals surface area contributed by atoms with Crippen LogP contribution in [0.15, 0.2) is 11.8 Å². The Bertz CT molecular complexity index is 129. The fraction of sp³-hybridized carbons (Fsp3) is 0.500. The lowest BCUT2D eigenvalue weighted by Gasteiger charge is -1.93. The maximum Gasteiger partial charge on any atom is 0.243 e. The van der Waals surface area contributed by atoms with Crippen molar-refractivity contribution in [2.24, 2.45) is 11.5 Å². The molecule has 0 saturated heterocycles. The standard InChI is InChI=1S/C6H12N2O/c1-2-3-5(7)4-6(8)9/h4H,2-3,7H2,1H3,(H2,8,9)/b5-4-. The van der Waals surface area contributed by atoms with Gasteiger partial charge in [-0.05, 0) is 6.42 Å². The Labute approximate surface area is 54.7 Å². The number of hydrogen-bond acceptors (Lipinski definition) is 2. The Hall–Kier alpha value is -0.990. The second-order valence-electron chi connectivity index (χ2n) is 1.87. The van der Waals surface area contributed by atoms with Gasteiger partial charge >= 0.3 is 0 Å². The lowest BCUT2D eigenvalue weighted by atomic mass is 10.2. The Balaban J connectivity index is 3.69. The zero-order chi connectivity index (χ0) is 7.28. The minimum Gasteiger partial charge on any atom is -0.402 e. The summed E-state index contributed by atoms with van der Waals surface area (Å²) in [5.41, 5.74) is 10.7. The first-order valence-corrected chi connectivity index (χ1v) is 2.92. The Morgan fingerprint density at radius 3 is 2.44 bits per heavy atom. The van der Waals surface area contributed by atoms with Gasteiger partial charge in [0.15, 0.2) is 0 Å². The van der Waals surface area contributed by atoms with Crippen molar-refractivity contribution in [1.29, 1.82) is 0 Å². The van der Waals surface area contributed by atoms with Gasteiger partial charge in [-0.3, -0.25) is 4.79 Å². The molecule has 0 unspecified atom stereocenters. The Morgan fingerprint density at radius 2 is 2.11 bits per heavy atom. The number of rotatable bonds is 3. The summed E-state index contributed by atoms with van der Waals surface area (Å²) in [5.74, 6) is -0.471. The van der Waals surface area contributed by atoms with Crippen LogP contribution >= 0.6 is 0 Å². The van der Waals surface area contributed by atoms with Crippen molar-refractivity contribution in [1.82, 2.24) is 0 Å². The minimum atomic E-state index is -0.471. The molecule has 0 fully saturated rings. The first-order chi connectivity index (χ1) is 4.16. The number of amides is 1. The predicted octanol–water partition coefficient (Wildman–Crippen LogP) is 0.114. The van der Waals surface area contributed by atoms with E-state index in [2.05, 4.69) is 0 Å². The van der Waals surface area contributed by atoms with Gasteiger partial charge in [-0.25, -0.2) is 0 Å². The van der Waals surface area contributed by atoms with E-state index in [9.17, 15) is 4.79 Å². The third kappa shape index (κ3) is 4.87. The van der Waals surface area contributed by atoms with Crippen LogP contribution in [-0.4, -0.2) is 5.91 Å². The van der Waals surface area contributed by atoms with Crippen LogP contribution < -0.4 is 11.5 Å². The molecule has 0 spiro atoms. The largest absolute Gasteiger partial charge is 0.402 e. The SMILES string of the molecule is CCC/C(N)=C/C(N)=O. The molecule has 0 rings (SSSR count). The van der Waals surface area contributed by atoms with Crippen LogP contribution in [0.4, 0.5) is 0 Å². The van der Waals surface area contributed by atoms with Gasteiger partial charge in [0.1, 0.15) is 0 Å². The first-order valence-electron chi connectivity index (χ1n) is 2.92. The van der Waals surface area contributed by atoms with Crippen LogP contribution in [0.5, 0.6) is 0 Å². The fourth-order valence-electron chi connectivity index (χ4n) is 0.544. The van der Waals surface area contributed by atoms with E-state index in [-0.39, 0.29) is 0 Å². The maximum atomic E-state index is 10.2. The smallest absolute Gasteiger partial charge is 0.243 e. The first kappa shape index (κ1) is 8.01. The lowest BCUT2D eigenvalue weighted by molar-refractivity contribution is -0.113. The summed E-state index contributed by atoms with van der Waals surface area (Å²) in [6, 6.07) is 0. The number of carbonyl (C=O) groups is 1. The number of allylic oxidation sites excluding steroid dienone is 1. The van der Waals surface area contributed by atoms with E-state index < -0.39 is 5.91 Å². The van der Waals surface area contributed by atoms with Gasteiger partial charge in [-0.15, -0.1) is 0 Å². The van der Waals surface area contributed by atoms with Crippen molar-refractivity contribution in [2.75, 3.05) is 0 Å². The molecule has 52 valence electrons. The van der Waals surface area contributed by atoms with Crippen LogP contribution in [-0.2, 0) is 4.79 Å². The van der Waals surface area contributed by atoms with Gasteiger partial charge in [-0.1, -0.05) is 13.3 Å². The molecule has 1 amide bonds.